The van der Waals surface area contributed by atoms with Crippen LogP contribution in [0.5, 0.6) is 5.75 Å². The number of carbonyl (C=O) groups excluding carboxylic acids is 1. The zero-order valence-electron chi connectivity index (χ0n) is 13.0. The molecule has 0 unspecified atom stereocenters. The number of amides is 1. The molecule has 1 atom stereocenters. The smallest absolute Gasteiger partial charge is 0.258 e. The van der Waals surface area contributed by atoms with Crippen LogP contribution in [0.15, 0.2) is 46.9 Å². The molecule has 0 aliphatic carbocycles. The van der Waals surface area contributed by atoms with E-state index < -0.39 is 0 Å². The molecule has 0 heterocycles. The first kappa shape index (κ1) is 16.6. The van der Waals surface area contributed by atoms with Crippen molar-refractivity contribution in [1.29, 1.82) is 0 Å². The molecule has 0 spiro atoms. The number of halogens is 1. The quantitative estimate of drug-likeness (QED) is 0.860. The maximum atomic E-state index is 12.0. The summed E-state index contributed by atoms with van der Waals surface area (Å²) in [5, 5.41) is 2.95. The molecule has 2 rings (SSSR count). The van der Waals surface area contributed by atoms with Crippen LogP contribution in [0.2, 0.25) is 0 Å². The third kappa shape index (κ3) is 4.60. The third-order valence-corrected chi connectivity index (χ3v) is 4.12. The van der Waals surface area contributed by atoms with Gasteiger partial charge in [-0.3, -0.25) is 4.79 Å². The summed E-state index contributed by atoms with van der Waals surface area (Å²) < 4.78 is 6.45. The lowest BCUT2D eigenvalue weighted by Gasteiger charge is -2.16. The minimum atomic E-state index is -0.131. The van der Waals surface area contributed by atoms with Gasteiger partial charge >= 0.3 is 0 Å². The number of nitrogens with one attached hydrogen (secondary N) is 1. The van der Waals surface area contributed by atoms with E-state index in [1.807, 2.05) is 37.3 Å². The molecule has 0 saturated heterocycles. The Kier molecular flexibility index (Phi) is 5.61. The predicted octanol–water partition coefficient (Wildman–Crippen LogP) is 4.32. The monoisotopic (exact) mass is 361 g/mol. The van der Waals surface area contributed by atoms with Crippen LogP contribution in [0.3, 0.4) is 0 Å². The lowest BCUT2D eigenvalue weighted by atomic mass is 10.0. The normalized spacial score (nSPS) is 11.8. The van der Waals surface area contributed by atoms with Crippen LogP contribution in [0.25, 0.3) is 0 Å². The van der Waals surface area contributed by atoms with E-state index in [2.05, 4.69) is 47.2 Å². The van der Waals surface area contributed by atoms with Crippen molar-refractivity contribution in [3.05, 3.63) is 63.6 Å². The molecular formula is C18H20BrNO2. The average molecular weight is 362 g/mol. The van der Waals surface area contributed by atoms with Gasteiger partial charge in [0.15, 0.2) is 6.61 Å². The molecular weight excluding hydrogens is 342 g/mol. The first-order valence-corrected chi connectivity index (χ1v) is 8.00. The van der Waals surface area contributed by atoms with Crippen molar-refractivity contribution in [3.8, 4) is 5.75 Å². The van der Waals surface area contributed by atoms with Crippen molar-refractivity contribution >= 4 is 21.8 Å². The summed E-state index contributed by atoms with van der Waals surface area (Å²) in [7, 11) is 0. The first-order chi connectivity index (χ1) is 10.5. The molecule has 0 aromatic heterocycles. The largest absolute Gasteiger partial charge is 0.484 e. The van der Waals surface area contributed by atoms with Crippen molar-refractivity contribution in [2.24, 2.45) is 0 Å². The van der Waals surface area contributed by atoms with E-state index in [1.165, 1.54) is 11.1 Å². The standard InChI is InChI=1S/C18H20BrNO2/c1-12-4-5-15(10-13(12)2)14(3)20-18(21)11-22-17-8-6-16(19)7-9-17/h4-10,14H,11H2,1-3H3,(H,20,21)/t14-/m0/s1. The molecule has 1 amide bonds. The maximum absolute atomic E-state index is 12.0. The van der Waals surface area contributed by atoms with Gasteiger partial charge in [-0.2, -0.15) is 0 Å². The minimum absolute atomic E-state index is 0.0107. The van der Waals surface area contributed by atoms with Crippen LogP contribution < -0.4 is 10.1 Å². The van der Waals surface area contributed by atoms with Crippen molar-refractivity contribution in [2.45, 2.75) is 26.8 Å². The Morgan fingerprint density at radius 3 is 2.45 bits per heavy atom. The van der Waals surface area contributed by atoms with E-state index in [4.69, 9.17) is 4.74 Å². The second kappa shape index (κ2) is 7.45. The van der Waals surface area contributed by atoms with Gasteiger partial charge in [0.1, 0.15) is 5.75 Å². The molecule has 22 heavy (non-hydrogen) atoms. The fraction of sp³-hybridized carbons (Fsp3) is 0.278. The van der Waals surface area contributed by atoms with Gasteiger partial charge in [0, 0.05) is 4.47 Å². The third-order valence-electron chi connectivity index (χ3n) is 3.59. The van der Waals surface area contributed by atoms with Crippen molar-refractivity contribution < 1.29 is 9.53 Å². The summed E-state index contributed by atoms with van der Waals surface area (Å²) in [5.41, 5.74) is 3.57. The fourth-order valence-electron chi connectivity index (χ4n) is 2.08. The summed E-state index contributed by atoms with van der Waals surface area (Å²) in [4.78, 5) is 12.0. The van der Waals surface area contributed by atoms with Crippen LogP contribution in [0.1, 0.15) is 29.7 Å². The molecule has 0 bridgehead atoms. The van der Waals surface area contributed by atoms with Gasteiger partial charge in [-0.25, -0.2) is 0 Å². The highest BCUT2D eigenvalue weighted by Crippen LogP contribution is 2.18. The summed E-state index contributed by atoms with van der Waals surface area (Å²) >= 11 is 3.36. The lowest BCUT2D eigenvalue weighted by Crippen LogP contribution is -2.31. The second-order valence-corrected chi connectivity index (χ2v) is 6.29. The zero-order chi connectivity index (χ0) is 16.1. The van der Waals surface area contributed by atoms with Gasteiger partial charge in [0.05, 0.1) is 6.04 Å². The molecule has 2 aromatic carbocycles. The lowest BCUT2D eigenvalue weighted by molar-refractivity contribution is -0.123. The number of benzene rings is 2. The summed E-state index contributed by atoms with van der Waals surface area (Å²) in [6.07, 6.45) is 0. The predicted molar refractivity (Wildman–Crippen MR) is 92.1 cm³/mol. The molecule has 4 heteroatoms. The Balaban J connectivity index is 1.88. The molecule has 0 aliphatic heterocycles. The van der Waals surface area contributed by atoms with Crippen LogP contribution in [-0.4, -0.2) is 12.5 Å². The van der Waals surface area contributed by atoms with E-state index in [-0.39, 0.29) is 18.6 Å². The van der Waals surface area contributed by atoms with Gasteiger partial charge in [0.2, 0.25) is 0 Å². The van der Waals surface area contributed by atoms with Crippen LogP contribution in [0, 0.1) is 13.8 Å². The highest BCUT2D eigenvalue weighted by molar-refractivity contribution is 9.10. The molecule has 0 fully saturated rings. The number of aryl methyl sites for hydroxylation is 2. The Labute approximate surface area is 139 Å². The van der Waals surface area contributed by atoms with Crippen LogP contribution in [-0.2, 0) is 4.79 Å². The van der Waals surface area contributed by atoms with E-state index in [9.17, 15) is 4.79 Å². The van der Waals surface area contributed by atoms with E-state index in [0.29, 0.717) is 5.75 Å². The summed E-state index contributed by atoms with van der Waals surface area (Å²) in [5.74, 6) is 0.547. The van der Waals surface area contributed by atoms with Gasteiger partial charge in [-0.1, -0.05) is 34.1 Å². The maximum Gasteiger partial charge on any atom is 0.258 e. The van der Waals surface area contributed by atoms with Crippen LogP contribution in [0.4, 0.5) is 0 Å². The van der Waals surface area contributed by atoms with E-state index in [0.717, 1.165) is 10.0 Å². The molecule has 0 aliphatic rings. The van der Waals surface area contributed by atoms with E-state index >= 15 is 0 Å². The van der Waals surface area contributed by atoms with Crippen molar-refractivity contribution in [3.63, 3.8) is 0 Å². The molecule has 116 valence electrons. The summed E-state index contributed by atoms with van der Waals surface area (Å²) in [6, 6.07) is 13.6. The minimum Gasteiger partial charge on any atom is -0.484 e. The molecule has 0 radical (unpaired) electrons. The van der Waals surface area contributed by atoms with Crippen molar-refractivity contribution in [1.82, 2.24) is 5.32 Å². The number of ether oxygens (including phenoxy) is 1. The molecule has 3 nitrogen and oxygen atoms in total. The Morgan fingerprint density at radius 2 is 1.82 bits per heavy atom. The average Bonchev–Trinajstić information content (AvgIpc) is 2.49. The number of hydrogen-bond acceptors (Lipinski definition) is 2. The number of rotatable bonds is 5. The highest BCUT2D eigenvalue weighted by atomic mass is 79.9. The summed E-state index contributed by atoms with van der Waals surface area (Å²) in [6.45, 7) is 6.14. The Morgan fingerprint density at radius 1 is 1.14 bits per heavy atom. The SMILES string of the molecule is Cc1ccc([C@H](C)NC(=O)COc2ccc(Br)cc2)cc1C. The van der Waals surface area contributed by atoms with Crippen molar-refractivity contribution in [2.75, 3.05) is 6.61 Å². The molecule has 0 saturated carbocycles. The number of hydrogen-bond donors (Lipinski definition) is 1. The second-order valence-electron chi connectivity index (χ2n) is 5.38. The van der Waals surface area contributed by atoms with Gasteiger partial charge in [-0.05, 0) is 61.7 Å². The van der Waals surface area contributed by atoms with Crippen LogP contribution >= 0.6 is 15.9 Å². The Hall–Kier alpha value is -1.81. The molecule has 1 N–H and O–H groups in total. The van der Waals surface area contributed by atoms with Gasteiger partial charge < -0.3 is 10.1 Å². The fourth-order valence-corrected chi connectivity index (χ4v) is 2.34. The zero-order valence-corrected chi connectivity index (χ0v) is 14.6. The topological polar surface area (TPSA) is 38.3 Å². The molecule has 2 aromatic rings. The highest BCUT2D eigenvalue weighted by Gasteiger charge is 2.10. The first-order valence-electron chi connectivity index (χ1n) is 7.20. The van der Waals surface area contributed by atoms with Gasteiger partial charge in [-0.15, -0.1) is 0 Å². The Bertz CT molecular complexity index is 653. The number of carbonyl (C=O) groups is 1. The van der Waals surface area contributed by atoms with Gasteiger partial charge in [0.25, 0.3) is 5.91 Å². The van der Waals surface area contributed by atoms with E-state index in [1.54, 1.807) is 0 Å².